The Balaban J connectivity index is 1.70. The van der Waals surface area contributed by atoms with Crippen LogP contribution in [0.2, 0.25) is 0 Å². The van der Waals surface area contributed by atoms with Crippen LogP contribution in [-0.4, -0.2) is 14.8 Å². The maximum absolute atomic E-state index is 5.67. The molecule has 0 unspecified atom stereocenters. The van der Waals surface area contributed by atoms with Crippen LogP contribution in [0.3, 0.4) is 0 Å². The fraction of sp³-hybridized carbons (Fsp3) is 0.385. The molecular weight excluding hydrogens is 244 g/mol. The monoisotopic (exact) mass is 260 g/mol. The van der Waals surface area contributed by atoms with E-state index >= 15 is 0 Å². The van der Waals surface area contributed by atoms with Crippen LogP contribution >= 0.6 is 11.8 Å². The summed E-state index contributed by atoms with van der Waals surface area (Å²) < 4.78 is 2.27. The maximum atomic E-state index is 5.67. The second-order valence-electron chi connectivity index (χ2n) is 4.50. The molecule has 2 heterocycles. The largest absolute Gasteiger partial charge is 0.399 e. The molecule has 1 aliphatic heterocycles. The van der Waals surface area contributed by atoms with E-state index < -0.39 is 0 Å². The van der Waals surface area contributed by atoms with Crippen LogP contribution in [0.15, 0.2) is 29.2 Å². The third-order valence-electron chi connectivity index (χ3n) is 3.18. The minimum atomic E-state index is 0.805. The summed E-state index contributed by atoms with van der Waals surface area (Å²) in [6, 6.07) is 7.96. The summed E-state index contributed by atoms with van der Waals surface area (Å²) in [7, 11) is 0. The van der Waals surface area contributed by atoms with E-state index in [4.69, 9.17) is 5.73 Å². The highest BCUT2D eigenvalue weighted by Crippen LogP contribution is 2.24. The fourth-order valence-corrected chi connectivity index (χ4v) is 3.03. The van der Waals surface area contributed by atoms with Crippen molar-refractivity contribution >= 4 is 17.4 Å². The van der Waals surface area contributed by atoms with Crippen LogP contribution in [-0.2, 0) is 18.7 Å². The lowest BCUT2D eigenvalue weighted by Gasteiger charge is -2.14. The van der Waals surface area contributed by atoms with Gasteiger partial charge in [0, 0.05) is 23.5 Å². The lowest BCUT2D eigenvalue weighted by molar-refractivity contribution is 0.513. The summed E-state index contributed by atoms with van der Waals surface area (Å²) in [4.78, 5) is 1.22. The van der Waals surface area contributed by atoms with Gasteiger partial charge in [0.2, 0.25) is 0 Å². The molecule has 4 nitrogen and oxygen atoms in total. The molecule has 0 spiro atoms. The molecule has 94 valence electrons. The van der Waals surface area contributed by atoms with Gasteiger partial charge in [-0.15, -0.1) is 22.0 Å². The second kappa shape index (κ2) is 5.02. The van der Waals surface area contributed by atoms with E-state index in [0.717, 1.165) is 36.1 Å². The summed E-state index contributed by atoms with van der Waals surface area (Å²) in [5.41, 5.74) is 6.48. The molecule has 0 saturated heterocycles. The number of aromatic nitrogens is 3. The first-order valence-corrected chi connectivity index (χ1v) is 7.21. The number of aryl methyl sites for hydroxylation is 1. The molecule has 1 aromatic carbocycles. The third kappa shape index (κ3) is 2.36. The number of anilines is 1. The minimum Gasteiger partial charge on any atom is -0.399 e. The van der Waals surface area contributed by atoms with E-state index in [-0.39, 0.29) is 0 Å². The first kappa shape index (κ1) is 11.6. The van der Waals surface area contributed by atoms with Gasteiger partial charge >= 0.3 is 0 Å². The predicted molar refractivity (Wildman–Crippen MR) is 73.4 cm³/mol. The molecule has 0 radical (unpaired) electrons. The Bertz CT molecular complexity index is 532. The number of nitrogen functional groups attached to an aromatic ring is 1. The molecular formula is C13H16N4S. The average molecular weight is 260 g/mol. The smallest absolute Gasteiger partial charge is 0.143 e. The van der Waals surface area contributed by atoms with Gasteiger partial charge in [0.05, 0.1) is 5.75 Å². The minimum absolute atomic E-state index is 0.805. The van der Waals surface area contributed by atoms with E-state index in [9.17, 15) is 0 Å². The van der Waals surface area contributed by atoms with Gasteiger partial charge in [0.15, 0.2) is 0 Å². The Morgan fingerprint density at radius 3 is 2.83 bits per heavy atom. The molecule has 3 rings (SSSR count). The Kier molecular flexibility index (Phi) is 3.23. The van der Waals surface area contributed by atoms with Crippen molar-refractivity contribution in [2.45, 2.75) is 36.5 Å². The van der Waals surface area contributed by atoms with Crippen LogP contribution in [0.4, 0.5) is 5.69 Å². The molecule has 2 N–H and O–H groups in total. The molecule has 0 fully saturated rings. The average Bonchev–Trinajstić information content (AvgIpc) is 2.82. The first-order chi connectivity index (χ1) is 8.83. The SMILES string of the molecule is Nc1ccc(SCc2nnc3n2CCCC3)cc1. The van der Waals surface area contributed by atoms with Crippen molar-refractivity contribution in [2.75, 3.05) is 5.73 Å². The number of hydrogen-bond acceptors (Lipinski definition) is 4. The van der Waals surface area contributed by atoms with E-state index in [2.05, 4.69) is 14.8 Å². The topological polar surface area (TPSA) is 56.7 Å². The van der Waals surface area contributed by atoms with Crippen molar-refractivity contribution in [1.82, 2.24) is 14.8 Å². The summed E-state index contributed by atoms with van der Waals surface area (Å²) in [6.07, 6.45) is 3.55. The number of rotatable bonds is 3. The standard InChI is InChI=1S/C13H16N4S/c14-10-4-6-11(7-5-10)18-9-13-16-15-12-3-1-2-8-17(12)13/h4-7H,1-3,8-9,14H2. The number of fused-ring (bicyclic) bond motifs is 1. The van der Waals surface area contributed by atoms with Gasteiger partial charge in [-0.05, 0) is 37.1 Å². The third-order valence-corrected chi connectivity index (χ3v) is 4.19. The molecule has 5 heteroatoms. The quantitative estimate of drug-likeness (QED) is 0.680. The summed E-state index contributed by atoms with van der Waals surface area (Å²) in [5.74, 6) is 3.11. The van der Waals surface area contributed by atoms with Gasteiger partial charge in [-0.1, -0.05) is 0 Å². The summed E-state index contributed by atoms with van der Waals surface area (Å²) in [6.45, 7) is 1.07. The van der Waals surface area contributed by atoms with E-state index in [1.165, 1.54) is 17.7 Å². The van der Waals surface area contributed by atoms with Gasteiger partial charge in [-0.25, -0.2) is 0 Å². The van der Waals surface area contributed by atoms with Crippen LogP contribution < -0.4 is 5.73 Å². The maximum Gasteiger partial charge on any atom is 0.143 e. The Morgan fingerprint density at radius 2 is 2.00 bits per heavy atom. The molecule has 1 aliphatic rings. The van der Waals surface area contributed by atoms with E-state index in [1.54, 1.807) is 11.8 Å². The van der Waals surface area contributed by atoms with Crippen LogP contribution in [0.5, 0.6) is 0 Å². The zero-order chi connectivity index (χ0) is 12.4. The number of hydrogen-bond donors (Lipinski definition) is 1. The van der Waals surface area contributed by atoms with Crippen molar-refractivity contribution in [3.8, 4) is 0 Å². The molecule has 2 aromatic rings. The highest BCUT2D eigenvalue weighted by Gasteiger charge is 2.15. The molecule has 0 amide bonds. The van der Waals surface area contributed by atoms with E-state index in [0.29, 0.717) is 0 Å². The Hall–Kier alpha value is -1.49. The molecule has 0 atom stereocenters. The normalized spacial score (nSPS) is 14.4. The number of benzene rings is 1. The van der Waals surface area contributed by atoms with Gasteiger partial charge in [0.1, 0.15) is 11.6 Å². The van der Waals surface area contributed by atoms with Crippen molar-refractivity contribution in [3.05, 3.63) is 35.9 Å². The molecule has 0 aliphatic carbocycles. The van der Waals surface area contributed by atoms with Crippen LogP contribution in [0.25, 0.3) is 0 Å². The molecule has 1 aromatic heterocycles. The highest BCUT2D eigenvalue weighted by atomic mass is 32.2. The Morgan fingerprint density at radius 1 is 1.17 bits per heavy atom. The fourth-order valence-electron chi connectivity index (χ4n) is 2.19. The van der Waals surface area contributed by atoms with E-state index in [1.807, 2.05) is 24.3 Å². The first-order valence-electron chi connectivity index (χ1n) is 6.22. The number of nitrogens with two attached hydrogens (primary N) is 1. The van der Waals surface area contributed by atoms with Crippen molar-refractivity contribution in [2.24, 2.45) is 0 Å². The number of nitrogens with zero attached hydrogens (tertiary/aromatic N) is 3. The Labute approximate surface area is 111 Å². The van der Waals surface area contributed by atoms with Gasteiger partial charge < -0.3 is 10.3 Å². The summed E-state index contributed by atoms with van der Waals surface area (Å²) in [5, 5.41) is 8.56. The zero-order valence-electron chi connectivity index (χ0n) is 10.2. The summed E-state index contributed by atoms with van der Waals surface area (Å²) >= 11 is 1.78. The molecule has 0 bridgehead atoms. The molecule has 0 saturated carbocycles. The lowest BCUT2D eigenvalue weighted by Crippen LogP contribution is -2.12. The molecule has 18 heavy (non-hydrogen) atoms. The lowest BCUT2D eigenvalue weighted by atomic mass is 10.2. The number of thioether (sulfide) groups is 1. The van der Waals surface area contributed by atoms with Crippen molar-refractivity contribution in [3.63, 3.8) is 0 Å². The van der Waals surface area contributed by atoms with Gasteiger partial charge in [-0.2, -0.15) is 0 Å². The predicted octanol–water partition coefficient (Wildman–Crippen LogP) is 2.49. The zero-order valence-corrected chi connectivity index (χ0v) is 11.0. The second-order valence-corrected chi connectivity index (χ2v) is 5.55. The van der Waals surface area contributed by atoms with Crippen molar-refractivity contribution in [1.29, 1.82) is 0 Å². The van der Waals surface area contributed by atoms with Crippen LogP contribution in [0, 0.1) is 0 Å². The van der Waals surface area contributed by atoms with Crippen molar-refractivity contribution < 1.29 is 0 Å². The van der Waals surface area contributed by atoms with Gasteiger partial charge in [-0.3, -0.25) is 0 Å². The highest BCUT2D eigenvalue weighted by molar-refractivity contribution is 7.98. The van der Waals surface area contributed by atoms with Gasteiger partial charge in [0.25, 0.3) is 0 Å². The van der Waals surface area contributed by atoms with Crippen LogP contribution in [0.1, 0.15) is 24.5 Å².